The van der Waals surface area contributed by atoms with E-state index in [9.17, 15) is 0 Å². The Morgan fingerprint density at radius 3 is 2.22 bits per heavy atom. The summed E-state index contributed by atoms with van der Waals surface area (Å²) in [6.07, 6.45) is 3.92. The molecule has 2 aromatic heterocycles. The average molecular weight is 397 g/mol. The highest BCUT2D eigenvalue weighted by Crippen LogP contribution is 2.29. The summed E-state index contributed by atoms with van der Waals surface area (Å²) in [5.74, 6) is 0.852. The van der Waals surface area contributed by atoms with E-state index >= 15 is 0 Å². The van der Waals surface area contributed by atoms with Gasteiger partial charge in [0.15, 0.2) is 0 Å². The Balaban J connectivity index is 0.00000210. The van der Waals surface area contributed by atoms with E-state index in [1.54, 1.807) is 17.4 Å². The van der Waals surface area contributed by atoms with Crippen LogP contribution < -0.4 is 11.5 Å². The van der Waals surface area contributed by atoms with Crippen LogP contribution in [0.25, 0.3) is 33.2 Å². The molecule has 0 atom stereocenters. The number of benzene rings is 2. The summed E-state index contributed by atoms with van der Waals surface area (Å²) >= 11 is 1.67. The Morgan fingerprint density at radius 2 is 1.52 bits per heavy atom. The van der Waals surface area contributed by atoms with E-state index in [4.69, 9.17) is 26.7 Å². The van der Waals surface area contributed by atoms with Crippen LogP contribution in [0.1, 0.15) is 21.8 Å². The number of thiophene rings is 1. The number of rotatable bonds is 4. The molecule has 6 N–H and O–H groups in total. The first kappa shape index (κ1) is 18.7. The monoisotopic (exact) mass is 396 g/mol. The predicted molar refractivity (Wildman–Crippen MR) is 116 cm³/mol. The maximum atomic E-state index is 7.54. The lowest BCUT2D eigenvalue weighted by Gasteiger charge is -1.96. The summed E-state index contributed by atoms with van der Waals surface area (Å²) in [5, 5.41) is 17.0. The number of hydrogen-bond acceptors (Lipinski definition) is 4. The molecule has 0 aliphatic rings. The molecule has 0 bridgehead atoms. The second kappa shape index (κ2) is 7.26. The van der Waals surface area contributed by atoms with Crippen molar-refractivity contribution in [1.29, 1.82) is 10.8 Å². The quantitative estimate of drug-likeness (QED) is 0.293. The average Bonchev–Trinajstić information content (AvgIpc) is 3.21. The molecule has 0 aliphatic heterocycles. The second-order valence-corrected chi connectivity index (χ2v) is 7.08. The minimum atomic E-state index is 0. The molecule has 0 aliphatic carbocycles. The van der Waals surface area contributed by atoms with E-state index in [1.165, 1.54) is 0 Å². The van der Waals surface area contributed by atoms with Gasteiger partial charge in [0.2, 0.25) is 0 Å². The van der Waals surface area contributed by atoms with Gasteiger partial charge in [-0.1, -0.05) is 0 Å². The Labute approximate surface area is 165 Å². The molecule has 0 saturated carbocycles. The fourth-order valence-corrected chi connectivity index (χ4v) is 3.74. The van der Waals surface area contributed by atoms with Crippen LogP contribution in [-0.2, 0) is 0 Å². The molecular formula is C20H17ClN4OS. The third kappa shape index (κ3) is 3.72. The summed E-state index contributed by atoms with van der Waals surface area (Å²) in [6, 6.07) is 15.2. The van der Waals surface area contributed by atoms with Gasteiger partial charge in [0.1, 0.15) is 23.0 Å². The van der Waals surface area contributed by atoms with Gasteiger partial charge in [-0.2, -0.15) is 0 Å². The number of hydrogen-bond donors (Lipinski definition) is 4. The number of fused-ring (bicyclic) bond motifs is 2. The molecule has 0 radical (unpaired) electrons. The molecule has 7 heteroatoms. The van der Waals surface area contributed by atoms with Crippen LogP contribution in [0.3, 0.4) is 0 Å². The van der Waals surface area contributed by atoms with Crippen LogP contribution in [-0.4, -0.2) is 11.7 Å². The maximum absolute atomic E-state index is 7.54. The lowest BCUT2D eigenvalue weighted by Crippen LogP contribution is -2.10. The van der Waals surface area contributed by atoms with Crippen LogP contribution in [0.4, 0.5) is 0 Å². The Hall–Kier alpha value is -3.09. The molecule has 4 rings (SSSR count). The van der Waals surface area contributed by atoms with Gasteiger partial charge in [0.25, 0.3) is 0 Å². The van der Waals surface area contributed by atoms with Crippen molar-refractivity contribution in [2.45, 2.75) is 0 Å². The van der Waals surface area contributed by atoms with Crippen LogP contribution in [0.2, 0.25) is 0 Å². The zero-order valence-corrected chi connectivity index (χ0v) is 15.8. The highest BCUT2D eigenvalue weighted by Gasteiger charge is 2.06. The first-order valence-electron chi connectivity index (χ1n) is 7.94. The van der Waals surface area contributed by atoms with E-state index in [2.05, 4.69) is 6.07 Å². The van der Waals surface area contributed by atoms with Crippen LogP contribution >= 0.6 is 23.7 Å². The minimum Gasteiger partial charge on any atom is -0.457 e. The van der Waals surface area contributed by atoms with Gasteiger partial charge in [-0.05, 0) is 66.1 Å². The number of nitrogens with two attached hydrogens (primary N) is 2. The summed E-state index contributed by atoms with van der Waals surface area (Å²) < 4.78 is 6.95. The van der Waals surface area contributed by atoms with Crippen molar-refractivity contribution in [1.82, 2.24) is 0 Å². The molecule has 0 spiro atoms. The molecule has 5 nitrogen and oxygen atoms in total. The number of amidine groups is 2. The third-order valence-corrected chi connectivity index (χ3v) is 5.19. The van der Waals surface area contributed by atoms with E-state index in [0.717, 1.165) is 37.3 Å². The van der Waals surface area contributed by atoms with Gasteiger partial charge < -0.3 is 15.9 Å². The molecule has 2 heterocycles. The second-order valence-electron chi connectivity index (χ2n) is 5.96. The Kier molecular flexibility index (Phi) is 5.03. The normalized spacial score (nSPS) is 11.1. The smallest absolute Gasteiger partial charge is 0.134 e. The lowest BCUT2D eigenvalue weighted by atomic mass is 10.1. The number of nitrogens with one attached hydrogen (secondary N) is 2. The number of furan rings is 1. The summed E-state index contributed by atoms with van der Waals surface area (Å²) in [7, 11) is 0. The van der Waals surface area contributed by atoms with Crippen LogP contribution in [0, 0.1) is 10.8 Å². The van der Waals surface area contributed by atoms with Crippen molar-refractivity contribution in [3.63, 3.8) is 0 Å². The number of nitrogen functional groups attached to an aromatic ring is 2. The highest BCUT2D eigenvalue weighted by atomic mass is 35.5. The van der Waals surface area contributed by atoms with Crippen molar-refractivity contribution in [2.24, 2.45) is 11.5 Å². The Morgan fingerprint density at radius 1 is 0.852 bits per heavy atom. The van der Waals surface area contributed by atoms with Crippen molar-refractivity contribution in [3.8, 4) is 0 Å². The fourth-order valence-electron chi connectivity index (χ4n) is 2.79. The van der Waals surface area contributed by atoms with Gasteiger partial charge in [0, 0.05) is 26.1 Å². The molecule has 0 fully saturated rings. The molecule has 4 aromatic rings. The highest BCUT2D eigenvalue weighted by molar-refractivity contribution is 7.19. The summed E-state index contributed by atoms with van der Waals surface area (Å²) in [5.41, 5.74) is 13.3. The van der Waals surface area contributed by atoms with Crippen LogP contribution in [0.15, 0.2) is 52.9 Å². The largest absolute Gasteiger partial charge is 0.457 e. The van der Waals surface area contributed by atoms with Crippen LogP contribution in [0.5, 0.6) is 0 Å². The van der Waals surface area contributed by atoms with Crippen molar-refractivity contribution < 1.29 is 4.42 Å². The van der Waals surface area contributed by atoms with E-state index < -0.39 is 0 Å². The van der Waals surface area contributed by atoms with Crippen molar-refractivity contribution >= 4 is 68.6 Å². The Bertz CT molecular complexity index is 1110. The zero-order valence-electron chi connectivity index (χ0n) is 14.2. The molecule has 2 aromatic carbocycles. The van der Waals surface area contributed by atoms with Gasteiger partial charge in [-0.25, -0.2) is 0 Å². The first-order valence-corrected chi connectivity index (χ1v) is 8.75. The summed E-state index contributed by atoms with van der Waals surface area (Å²) in [6.45, 7) is 0. The maximum Gasteiger partial charge on any atom is 0.134 e. The molecule has 0 saturated heterocycles. The summed E-state index contributed by atoms with van der Waals surface area (Å²) in [4.78, 5) is 1.09. The van der Waals surface area contributed by atoms with Gasteiger partial charge >= 0.3 is 0 Å². The number of halogens is 1. The first-order chi connectivity index (χ1) is 12.5. The minimum absolute atomic E-state index is 0. The van der Waals surface area contributed by atoms with Crippen molar-refractivity contribution in [2.75, 3.05) is 0 Å². The van der Waals surface area contributed by atoms with Gasteiger partial charge in [-0.15, -0.1) is 23.7 Å². The standard InChI is InChI=1S/C20H16N4OS.ClH/c21-19(22)11-1-5-17-13(7-11)9-15(25-17)3-4-16-10-14-8-12(20(23)24)2-6-18(14)26-16;/h1-10H,(H3,21,22)(H3,23,24);1H/b4-3+;. The third-order valence-electron chi connectivity index (χ3n) is 4.10. The van der Waals surface area contributed by atoms with E-state index in [0.29, 0.717) is 5.56 Å². The van der Waals surface area contributed by atoms with Gasteiger partial charge in [-0.3, -0.25) is 10.8 Å². The molecule has 0 amide bonds. The van der Waals surface area contributed by atoms with Gasteiger partial charge in [0.05, 0.1) is 0 Å². The molecular weight excluding hydrogens is 380 g/mol. The van der Waals surface area contributed by atoms with Crippen molar-refractivity contribution in [3.05, 3.63) is 70.3 Å². The zero-order chi connectivity index (χ0) is 18.3. The fraction of sp³-hybridized carbons (Fsp3) is 0. The molecule has 0 unspecified atom stereocenters. The SMILES string of the molecule is Cl.N=C(N)c1ccc2oc(/C=C/c3cc4cc(C(=N)N)ccc4s3)cc2c1. The lowest BCUT2D eigenvalue weighted by molar-refractivity contribution is 0.604. The molecule has 136 valence electrons. The van der Waals surface area contributed by atoms with E-state index in [1.807, 2.05) is 48.6 Å². The molecule has 27 heavy (non-hydrogen) atoms. The topological polar surface area (TPSA) is 113 Å². The van der Waals surface area contributed by atoms with E-state index in [-0.39, 0.29) is 24.1 Å². The predicted octanol–water partition coefficient (Wildman–Crippen LogP) is 4.81.